The van der Waals surface area contributed by atoms with Crippen LogP contribution in [0.3, 0.4) is 0 Å². The number of carbonyl (C=O) groups is 1. The number of aliphatic hydroxyl groups excluding tert-OH is 1. The molecule has 0 amide bonds. The molecule has 2 saturated carbocycles. The fraction of sp³-hybridized carbons (Fsp3) is 0.923. The van der Waals surface area contributed by atoms with Gasteiger partial charge in [0.15, 0.2) is 6.29 Å². The maximum absolute atomic E-state index is 12.1. The third-order valence-corrected chi connectivity index (χ3v) is 4.59. The summed E-state index contributed by atoms with van der Waals surface area (Å²) in [6, 6.07) is 0. The lowest BCUT2D eigenvalue weighted by Crippen LogP contribution is -2.39. The maximum atomic E-state index is 12.1. The number of ether oxygens (including phenoxy) is 2. The zero-order chi connectivity index (χ0) is 12.2. The normalized spacial score (nSPS) is 47.5. The van der Waals surface area contributed by atoms with E-state index in [0.717, 1.165) is 19.3 Å². The molecule has 4 nitrogen and oxygen atoms in total. The molecule has 1 aliphatic heterocycles. The van der Waals surface area contributed by atoms with Crippen molar-refractivity contribution in [3.63, 3.8) is 0 Å². The summed E-state index contributed by atoms with van der Waals surface area (Å²) in [6.07, 6.45) is 2.33. The van der Waals surface area contributed by atoms with Crippen molar-refractivity contribution in [2.24, 2.45) is 23.7 Å². The molecule has 96 valence electrons. The van der Waals surface area contributed by atoms with Crippen LogP contribution in [0.2, 0.25) is 0 Å². The summed E-state index contributed by atoms with van der Waals surface area (Å²) >= 11 is 0. The van der Waals surface area contributed by atoms with Gasteiger partial charge in [0.1, 0.15) is 0 Å². The minimum Gasteiger partial charge on any atom is -0.463 e. The van der Waals surface area contributed by atoms with Crippen molar-refractivity contribution >= 4 is 5.97 Å². The van der Waals surface area contributed by atoms with Crippen LogP contribution in [0.5, 0.6) is 0 Å². The van der Waals surface area contributed by atoms with E-state index in [1.807, 2.05) is 13.8 Å². The van der Waals surface area contributed by atoms with Gasteiger partial charge in [0, 0.05) is 5.92 Å². The Kier molecular flexibility index (Phi) is 2.67. The first-order valence-corrected chi connectivity index (χ1v) is 6.62. The van der Waals surface area contributed by atoms with Crippen LogP contribution in [0.4, 0.5) is 0 Å². The van der Waals surface area contributed by atoms with Gasteiger partial charge in [-0.05, 0) is 44.9 Å². The topological polar surface area (TPSA) is 55.8 Å². The fourth-order valence-corrected chi connectivity index (χ4v) is 4.00. The van der Waals surface area contributed by atoms with E-state index in [1.165, 1.54) is 0 Å². The van der Waals surface area contributed by atoms with Crippen LogP contribution in [0.15, 0.2) is 0 Å². The molecule has 4 bridgehead atoms. The minimum atomic E-state index is -0.662. The molecule has 3 fully saturated rings. The Balaban J connectivity index is 1.81. The fourth-order valence-electron chi connectivity index (χ4n) is 4.00. The van der Waals surface area contributed by atoms with Crippen LogP contribution in [0.1, 0.15) is 33.1 Å². The lowest BCUT2D eigenvalue weighted by molar-refractivity contribution is -0.158. The lowest BCUT2D eigenvalue weighted by atomic mass is 9.72. The van der Waals surface area contributed by atoms with Crippen LogP contribution in [-0.2, 0) is 14.3 Å². The predicted octanol–water partition coefficient (Wildman–Crippen LogP) is 1.32. The Bertz CT molecular complexity index is 327. The van der Waals surface area contributed by atoms with Gasteiger partial charge in [-0.2, -0.15) is 0 Å². The highest BCUT2D eigenvalue weighted by Gasteiger charge is 2.59. The van der Waals surface area contributed by atoms with Crippen molar-refractivity contribution in [3.8, 4) is 0 Å². The van der Waals surface area contributed by atoms with Crippen LogP contribution in [-0.4, -0.2) is 29.6 Å². The zero-order valence-electron chi connectivity index (χ0n) is 10.3. The van der Waals surface area contributed by atoms with Gasteiger partial charge < -0.3 is 14.6 Å². The van der Waals surface area contributed by atoms with E-state index >= 15 is 0 Å². The molecular weight excluding hydrogens is 220 g/mol. The number of carbonyl (C=O) groups excluding carboxylic acids is 1. The van der Waals surface area contributed by atoms with Gasteiger partial charge in [-0.3, -0.25) is 4.79 Å². The van der Waals surface area contributed by atoms with E-state index in [0.29, 0.717) is 0 Å². The molecule has 0 aromatic rings. The Morgan fingerprint density at radius 3 is 2.71 bits per heavy atom. The zero-order valence-corrected chi connectivity index (χ0v) is 10.3. The molecule has 0 aromatic heterocycles. The van der Waals surface area contributed by atoms with Gasteiger partial charge in [0.05, 0.1) is 18.1 Å². The van der Waals surface area contributed by atoms with Crippen LogP contribution in [0, 0.1) is 23.7 Å². The molecule has 17 heavy (non-hydrogen) atoms. The van der Waals surface area contributed by atoms with E-state index < -0.39 is 6.29 Å². The molecular formula is C13H20O4. The van der Waals surface area contributed by atoms with Gasteiger partial charge in [-0.15, -0.1) is 0 Å². The summed E-state index contributed by atoms with van der Waals surface area (Å²) in [5.41, 5.74) is 0. The molecule has 0 spiro atoms. The average Bonchev–Trinajstić information content (AvgIpc) is 2.72. The summed E-state index contributed by atoms with van der Waals surface area (Å²) in [6.45, 7) is 3.76. The third-order valence-electron chi connectivity index (χ3n) is 4.59. The standard InChI is InChI=1S/C13H20O4/c1-6(2)16-13(15)11-7-3-4-8(11)10-5-9(7)12(14)17-10/h6-12,14H,3-5H2,1-2H3. The quantitative estimate of drug-likeness (QED) is 0.740. The van der Waals surface area contributed by atoms with E-state index in [4.69, 9.17) is 9.47 Å². The van der Waals surface area contributed by atoms with Crippen LogP contribution in [0.25, 0.3) is 0 Å². The third kappa shape index (κ3) is 1.69. The maximum Gasteiger partial charge on any atom is 0.309 e. The Morgan fingerprint density at radius 1 is 1.29 bits per heavy atom. The summed E-state index contributed by atoms with van der Waals surface area (Å²) in [5, 5.41) is 9.83. The first-order chi connectivity index (χ1) is 8.08. The van der Waals surface area contributed by atoms with Crippen molar-refractivity contribution in [2.45, 2.75) is 51.6 Å². The van der Waals surface area contributed by atoms with Crippen molar-refractivity contribution in [3.05, 3.63) is 0 Å². The second-order valence-corrected chi connectivity index (χ2v) is 5.88. The van der Waals surface area contributed by atoms with Gasteiger partial charge in [-0.1, -0.05) is 0 Å². The molecule has 4 heteroatoms. The van der Waals surface area contributed by atoms with Crippen molar-refractivity contribution in [1.29, 1.82) is 0 Å². The van der Waals surface area contributed by atoms with Crippen molar-refractivity contribution in [2.75, 3.05) is 0 Å². The Morgan fingerprint density at radius 2 is 2.00 bits per heavy atom. The Hall–Kier alpha value is -0.610. The Labute approximate surface area is 101 Å². The van der Waals surface area contributed by atoms with Gasteiger partial charge in [-0.25, -0.2) is 0 Å². The highest BCUT2D eigenvalue weighted by atomic mass is 16.6. The smallest absolute Gasteiger partial charge is 0.309 e. The number of hydrogen-bond donors (Lipinski definition) is 1. The van der Waals surface area contributed by atoms with Gasteiger partial charge in [0.2, 0.25) is 0 Å². The monoisotopic (exact) mass is 240 g/mol. The predicted molar refractivity (Wildman–Crippen MR) is 59.9 cm³/mol. The molecule has 3 rings (SSSR count). The number of aliphatic hydroxyl groups is 1. The molecule has 2 aliphatic carbocycles. The van der Waals surface area contributed by atoms with Crippen molar-refractivity contribution < 1.29 is 19.4 Å². The molecule has 1 heterocycles. The number of esters is 1. The van der Waals surface area contributed by atoms with E-state index in [1.54, 1.807) is 0 Å². The first-order valence-electron chi connectivity index (χ1n) is 6.62. The van der Waals surface area contributed by atoms with Crippen LogP contribution < -0.4 is 0 Å². The lowest BCUT2D eigenvalue weighted by Gasteiger charge is -2.32. The highest BCUT2D eigenvalue weighted by molar-refractivity contribution is 5.74. The van der Waals surface area contributed by atoms with Gasteiger partial charge >= 0.3 is 5.97 Å². The SMILES string of the molecule is CC(C)OC(=O)C1C2CCC1C1CC2OC1O. The van der Waals surface area contributed by atoms with E-state index in [-0.39, 0.29) is 41.8 Å². The van der Waals surface area contributed by atoms with Crippen LogP contribution >= 0.6 is 0 Å². The number of hydrogen-bond acceptors (Lipinski definition) is 4. The minimum absolute atomic E-state index is 0.0432. The summed E-state index contributed by atoms with van der Waals surface area (Å²) < 4.78 is 10.9. The second-order valence-electron chi connectivity index (χ2n) is 5.88. The molecule has 6 unspecified atom stereocenters. The van der Waals surface area contributed by atoms with Crippen molar-refractivity contribution in [1.82, 2.24) is 0 Å². The summed E-state index contributed by atoms with van der Waals surface area (Å²) in [7, 11) is 0. The highest BCUT2D eigenvalue weighted by Crippen LogP contribution is 2.56. The van der Waals surface area contributed by atoms with Gasteiger partial charge in [0.25, 0.3) is 0 Å². The number of rotatable bonds is 2. The summed E-state index contributed by atoms with van der Waals surface area (Å²) in [4.78, 5) is 12.1. The molecule has 3 aliphatic rings. The molecule has 0 radical (unpaired) electrons. The first kappa shape index (κ1) is 11.5. The average molecular weight is 240 g/mol. The molecule has 1 saturated heterocycles. The summed E-state index contributed by atoms with van der Waals surface area (Å²) in [5.74, 6) is 0.543. The second kappa shape index (κ2) is 3.95. The molecule has 0 aromatic carbocycles. The van der Waals surface area contributed by atoms with E-state index in [2.05, 4.69) is 0 Å². The number of fused-ring (bicyclic) bond motifs is 6. The molecule has 1 N–H and O–H groups in total. The largest absolute Gasteiger partial charge is 0.463 e. The van der Waals surface area contributed by atoms with E-state index in [9.17, 15) is 9.90 Å². The molecule has 6 atom stereocenters.